The summed E-state index contributed by atoms with van der Waals surface area (Å²) in [6, 6.07) is 0. The summed E-state index contributed by atoms with van der Waals surface area (Å²) in [6.45, 7) is 2.09. The van der Waals surface area contributed by atoms with E-state index in [0.717, 1.165) is 18.8 Å². The Hall–Kier alpha value is -1.13. The molecule has 0 spiro atoms. The van der Waals surface area contributed by atoms with E-state index in [-0.39, 0.29) is 23.9 Å². The Morgan fingerprint density at radius 1 is 1.32 bits per heavy atom. The van der Waals surface area contributed by atoms with Crippen molar-refractivity contribution >= 4 is 5.97 Å². The molecule has 5 heteroatoms. The molecule has 0 saturated heterocycles. The van der Waals surface area contributed by atoms with E-state index in [9.17, 15) is 14.9 Å². The van der Waals surface area contributed by atoms with Crippen LogP contribution in [0, 0.1) is 39.2 Å². The molecule has 3 fully saturated rings. The highest BCUT2D eigenvalue weighted by molar-refractivity contribution is 5.70. The first-order valence-corrected chi connectivity index (χ1v) is 7.36. The van der Waals surface area contributed by atoms with Gasteiger partial charge in [0.05, 0.1) is 18.4 Å². The van der Waals surface area contributed by atoms with Gasteiger partial charge in [0.2, 0.25) is 6.54 Å². The van der Waals surface area contributed by atoms with Crippen LogP contribution in [0.4, 0.5) is 0 Å². The highest BCUT2D eigenvalue weighted by atomic mass is 16.6. The zero-order valence-electron chi connectivity index (χ0n) is 11.3. The summed E-state index contributed by atoms with van der Waals surface area (Å²) in [7, 11) is 0. The molecule has 1 unspecified atom stereocenters. The van der Waals surface area contributed by atoms with Crippen LogP contribution in [-0.2, 0) is 9.53 Å². The standard InChI is InChI=1S/C14H21NO4/c1-2-19-12(16)7-14(8-15(17)18)10-5-3-9-4-6-11(14)13(9)10/h9-11,13H,2-8H2,1H3/t9?,10-,11+,13+,14+. The van der Waals surface area contributed by atoms with E-state index >= 15 is 0 Å². The number of nitrogens with zero attached hydrogens (tertiary/aromatic N) is 1. The molecule has 5 nitrogen and oxygen atoms in total. The minimum Gasteiger partial charge on any atom is -0.466 e. The SMILES string of the molecule is CCOC(=O)C[C@]1(C[N+](=O)[O-])[C@@H]2CCC3CC[C@H]1[C@@H]32. The van der Waals surface area contributed by atoms with Crippen molar-refractivity contribution in [3.63, 3.8) is 0 Å². The summed E-state index contributed by atoms with van der Waals surface area (Å²) in [5.74, 6) is 1.96. The van der Waals surface area contributed by atoms with Crippen molar-refractivity contribution in [3.05, 3.63) is 10.1 Å². The Kier molecular flexibility index (Phi) is 3.02. The van der Waals surface area contributed by atoms with Gasteiger partial charge in [-0.3, -0.25) is 14.9 Å². The molecule has 0 aromatic carbocycles. The summed E-state index contributed by atoms with van der Waals surface area (Å²) in [6.07, 6.45) is 4.79. The first-order chi connectivity index (χ1) is 9.08. The van der Waals surface area contributed by atoms with E-state index < -0.39 is 5.41 Å². The number of ether oxygens (including phenoxy) is 1. The lowest BCUT2D eigenvalue weighted by Crippen LogP contribution is -2.58. The Bertz CT molecular complexity index is 392. The first-order valence-electron chi connectivity index (χ1n) is 7.36. The van der Waals surface area contributed by atoms with Crippen LogP contribution in [0.1, 0.15) is 39.0 Å². The topological polar surface area (TPSA) is 69.4 Å². The molecule has 0 N–H and O–H groups in total. The van der Waals surface area contributed by atoms with Crippen LogP contribution in [0.3, 0.4) is 0 Å². The lowest BCUT2D eigenvalue weighted by Gasteiger charge is -2.55. The lowest BCUT2D eigenvalue weighted by molar-refractivity contribution is -0.511. The van der Waals surface area contributed by atoms with Crippen molar-refractivity contribution in [1.82, 2.24) is 0 Å². The molecule has 0 heterocycles. The average molecular weight is 267 g/mol. The molecule has 3 saturated carbocycles. The fourth-order valence-corrected chi connectivity index (χ4v) is 5.41. The number of rotatable bonds is 5. The second kappa shape index (κ2) is 4.46. The van der Waals surface area contributed by atoms with Crippen molar-refractivity contribution in [2.24, 2.45) is 29.1 Å². The summed E-state index contributed by atoms with van der Waals surface area (Å²) in [5, 5.41) is 11.1. The molecule has 3 aliphatic carbocycles. The molecular formula is C14H21NO4. The predicted octanol–water partition coefficient (Wildman–Crippen LogP) is 2.27. The van der Waals surface area contributed by atoms with Gasteiger partial charge < -0.3 is 4.74 Å². The van der Waals surface area contributed by atoms with Crippen LogP contribution >= 0.6 is 0 Å². The van der Waals surface area contributed by atoms with Gasteiger partial charge in [0, 0.05) is 4.92 Å². The van der Waals surface area contributed by atoms with E-state index in [0.29, 0.717) is 24.4 Å². The van der Waals surface area contributed by atoms with Gasteiger partial charge in [-0.05, 0) is 56.3 Å². The predicted molar refractivity (Wildman–Crippen MR) is 68.0 cm³/mol. The van der Waals surface area contributed by atoms with Crippen LogP contribution in [0.25, 0.3) is 0 Å². The summed E-state index contributed by atoms with van der Waals surface area (Å²) in [5.41, 5.74) is -0.397. The maximum absolute atomic E-state index is 11.9. The fraction of sp³-hybridized carbons (Fsp3) is 0.929. The van der Waals surface area contributed by atoms with Crippen molar-refractivity contribution in [1.29, 1.82) is 0 Å². The second-order valence-corrected chi connectivity index (χ2v) is 6.41. The van der Waals surface area contributed by atoms with Crippen LogP contribution in [0.15, 0.2) is 0 Å². The lowest BCUT2D eigenvalue weighted by atomic mass is 9.47. The largest absolute Gasteiger partial charge is 0.466 e. The van der Waals surface area contributed by atoms with Crippen LogP contribution < -0.4 is 0 Å². The van der Waals surface area contributed by atoms with E-state index in [4.69, 9.17) is 4.74 Å². The van der Waals surface area contributed by atoms with Gasteiger partial charge >= 0.3 is 5.97 Å². The number of carbonyl (C=O) groups is 1. The Balaban J connectivity index is 1.82. The smallest absolute Gasteiger partial charge is 0.306 e. The molecule has 5 atom stereocenters. The summed E-state index contributed by atoms with van der Waals surface area (Å²) in [4.78, 5) is 22.7. The summed E-state index contributed by atoms with van der Waals surface area (Å²) < 4.78 is 5.05. The monoisotopic (exact) mass is 267 g/mol. The molecule has 0 aromatic rings. The Morgan fingerprint density at radius 3 is 2.47 bits per heavy atom. The van der Waals surface area contributed by atoms with Crippen LogP contribution in [0.2, 0.25) is 0 Å². The van der Waals surface area contributed by atoms with Gasteiger partial charge in [0.1, 0.15) is 0 Å². The molecule has 19 heavy (non-hydrogen) atoms. The van der Waals surface area contributed by atoms with Gasteiger partial charge in [-0.25, -0.2) is 0 Å². The molecule has 106 valence electrons. The Labute approximate surface area is 112 Å². The van der Waals surface area contributed by atoms with Crippen molar-refractivity contribution in [2.45, 2.75) is 39.0 Å². The third kappa shape index (κ3) is 1.77. The van der Waals surface area contributed by atoms with E-state index in [1.807, 2.05) is 0 Å². The highest BCUT2D eigenvalue weighted by Gasteiger charge is 2.70. The van der Waals surface area contributed by atoms with Crippen molar-refractivity contribution in [3.8, 4) is 0 Å². The highest BCUT2D eigenvalue weighted by Crippen LogP contribution is 2.72. The molecular weight excluding hydrogens is 246 g/mol. The number of hydrogen-bond acceptors (Lipinski definition) is 4. The molecule has 3 rings (SSSR count). The average Bonchev–Trinajstić information content (AvgIpc) is 2.82. The van der Waals surface area contributed by atoms with Gasteiger partial charge in [-0.2, -0.15) is 0 Å². The van der Waals surface area contributed by atoms with E-state index in [1.54, 1.807) is 6.92 Å². The van der Waals surface area contributed by atoms with Crippen molar-refractivity contribution in [2.75, 3.05) is 13.2 Å². The fourth-order valence-electron chi connectivity index (χ4n) is 5.41. The second-order valence-electron chi connectivity index (χ2n) is 6.41. The van der Waals surface area contributed by atoms with Crippen molar-refractivity contribution < 1.29 is 14.5 Å². The number of nitro groups is 1. The third-order valence-electron chi connectivity index (χ3n) is 5.85. The Morgan fingerprint density at radius 2 is 1.95 bits per heavy atom. The molecule has 0 bridgehead atoms. The minimum atomic E-state index is -0.397. The summed E-state index contributed by atoms with van der Waals surface area (Å²) >= 11 is 0. The molecule has 0 aliphatic heterocycles. The minimum absolute atomic E-state index is 0.0512. The normalized spacial score (nSPS) is 42.6. The van der Waals surface area contributed by atoms with Crippen LogP contribution in [0.5, 0.6) is 0 Å². The first kappa shape index (κ1) is 12.9. The maximum Gasteiger partial charge on any atom is 0.306 e. The van der Waals surface area contributed by atoms with Gasteiger partial charge in [0.15, 0.2) is 0 Å². The quantitative estimate of drug-likeness (QED) is 0.435. The van der Waals surface area contributed by atoms with Crippen LogP contribution in [-0.4, -0.2) is 24.0 Å². The number of carbonyl (C=O) groups excluding carboxylic acids is 1. The zero-order chi connectivity index (χ0) is 13.6. The maximum atomic E-state index is 11.9. The number of esters is 1. The molecule has 0 aromatic heterocycles. The zero-order valence-corrected chi connectivity index (χ0v) is 11.3. The molecule has 0 radical (unpaired) electrons. The van der Waals surface area contributed by atoms with Gasteiger partial charge in [-0.1, -0.05) is 0 Å². The molecule has 3 aliphatic rings. The van der Waals surface area contributed by atoms with Gasteiger partial charge in [0.25, 0.3) is 0 Å². The third-order valence-corrected chi connectivity index (χ3v) is 5.85. The van der Waals surface area contributed by atoms with Gasteiger partial charge in [-0.15, -0.1) is 0 Å². The number of hydrogen-bond donors (Lipinski definition) is 0. The molecule has 0 amide bonds. The van der Waals surface area contributed by atoms with E-state index in [1.165, 1.54) is 12.8 Å². The van der Waals surface area contributed by atoms with E-state index in [2.05, 4.69) is 0 Å².